The molecule has 1 unspecified atom stereocenters. The maximum Gasteiger partial charge on any atom is 0.231 e. The quantitative estimate of drug-likeness (QED) is 0.578. The maximum absolute atomic E-state index is 12.7. The molecule has 0 aliphatic carbocycles. The first-order valence-corrected chi connectivity index (χ1v) is 11.6. The number of piperidine rings is 1. The first kappa shape index (κ1) is 22.2. The Labute approximate surface area is 181 Å². The number of carbonyl (C=O) groups is 2. The molecule has 1 aromatic heterocycles. The Morgan fingerprint density at radius 3 is 2.87 bits per heavy atom. The van der Waals surface area contributed by atoms with Crippen molar-refractivity contribution in [1.82, 2.24) is 15.1 Å². The molecule has 8 heteroatoms. The predicted molar refractivity (Wildman–Crippen MR) is 118 cm³/mol. The van der Waals surface area contributed by atoms with E-state index in [0.717, 1.165) is 42.9 Å². The Bertz CT molecular complexity index is 812. The van der Waals surface area contributed by atoms with Crippen LogP contribution in [0.3, 0.4) is 0 Å². The standard InChI is InChI=1S/C22H30N4O3S/c1-2-3-5-12-19-24-25-22(30-19)23-21(28)17-9-8-14-26(16-17)20(27)13-15-29-18-10-6-4-7-11-18/h4,6-7,10-11,17H,2-3,5,8-9,12-16H2,1H3,(H,23,25,28). The van der Waals surface area contributed by atoms with Gasteiger partial charge in [0, 0.05) is 19.5 Å². The number of para-hydroxylation sites is 1. The lowest BCUT2D eigenvalue weighted by Gasteiger charge is -2.32. The number of benzene rings is 1. The zero-order valence-electron chi connectivity index (χ0n) is 17.5. The van der Waals surface area contributed by atoms with Crippen LogP contribution in [0.15, 0.2) is 30.3 Å². The van der Waals surface area contributed by atoms with E-state index in [2.05, 4.69) is 22.4 Å². The topological polar surface area (TPSA) is 84.4 Å². The zero-order chi connectivity index (χ0) is 21.2. The van der Waals surface area contributed by atoms with Crippen molar-refractivity contribution in [1.29, 1.82) is 0 Å². The number of carbonyl (C=O) groups excluding carboxylic acids is 2. The van der Waals surface area contributed by atoms with Crippen molar-refractivity contribution in [3.63, 3.8) is 0 Å². The van der Waals surface area contributed by atoms with E-state index < -0.39 is 0 Å². The summed E-state index contributed by atoms with van der Waals surface area (Å²) >= 11 is 1.44. The highest BCUT2D eigenvalue weighted by molar-refractivity contribution is 7.15. The number of aromatic nitrogens is 2. The molecule has 1 atom stereocenters. The minimum Gasteiger partial charge on any atom is -0.493 e. The summed E-state index contributed by atoms with van der Waals surface area (Å²) in [6, 6.07) is 9.46. The molecule has 1 aromatic carbocycles. The molecule has 2 heterocycles. The monoisotopic (exact) mass is 430 g/mol. The highest BCUT2D eigenvalue weighted by Gasteiger charge is 2.28. The number of nitrogens with one attached hydrogen (secondary N) is 1. The van der Waals surface area contributed by atoms with Crippen LogP contribution in [0, 0.1) is 5.92 Å². The smallest absolute Gasteiger partial charge is 0.231 e. The van der Waals surface area contributed by atoms with E-state index in [9.17, 15) is 9.59 Å². The molecule has 3 rings (SSSR count). The van der Waals surface area contributed by atoms with E-state index in [0.29, 0.717) is 31.2 Å². The van der Waals surface area contributed by atoms with Crippen molar-refractivity contribution in [2.75, 3.05) is 25.0 Å². The minimum atomic E-state index is -0.217. The molecule has 1 aliphatic heterocycles. The van der Waals surface area contributed by atoms with Gasteiger partial charge in [-0.2, -0.15) is 0 Å². The van der Waals surface area contributed by atoms with Crippen molar-refractivity contribution in [2.45, 2.75) is 51.9 Å². The second-order valence-corrected chi connectivity index (χ2v) is 8.60. The number of likely N-dealkylation sites (tertiary alicyclic amines) is 1. The van der Waals surface area contributed by atoms with Gasteiger partial charge in [-0.15, -0.1) is 10.2 Å². The highest BCUT2D eigenvalue weighted by atomic mass is 32.1. The van der Waals surface area contributed by atoms with Crippen molar-refractivity contribution in [2.24, 2.45) is 5.92 Å². The molecule has 2 amide bonds. The van der Waals surface area contributed by atoms with Crippen molar-refractivity contribution >= 4 is 28.3 Å². The number of aryl methyl sites for hydroxylation is 1. The van der Waals surface area contributed by atoms with E-state index >= 15 is 0 Å². The summed E-state index contributed by atoms with van der Waals surface area (Å²) in [6.45, 7) is 3.63. The number of hydrogen-bond acceptors (Lipinski definition) is 6. The molecule has 162 valence electrons. The SMILES string of the molecule is CCCCCc1nnc(NC(=O)C2CCCN(C(=O)CCOc3ccccc3)C2)s1. The molecule has 30 heavy (non-hydrogen) atoms. The number of ether oxygens (including phenoxy) is 1. The van der Waals surface area contributed by atoms with Gasteiger partial charge in [0.1, 0.15) is 10.8 Å². The van der Waals surface area contributed by atoms with E-state index in [1.54, 1.807) is 4.90 Å². The Kier molecular flexibility index (Phi) is 8.62. The van der Waals surface area contributed by atoms with Crippen LogP contribution in [0.25, 0.3) is 0 Å². The van der Waals surface area contributed by atoms with Crippen LogP contribution in [0.2, 0.25) is 0 Å². The number of rotatable bonds is 10. The summed E-state index contributed by atoms with van der Waals surface area (Å²) in [7, 11) is 0. The van der Waals surface area contributed by atoms with Crippen molar-refractivity contribution < 1.29 is 14.3 Å². The number of hydrogen-bond donors (Lipinski definition) is 1. The Morgan fingerprint density at radius 2 is 2.07 bits per heavy atom. The first-order valence-electron chi connectivity index (χ1n) is 10.7. The molecule has 2 aromatic rings. The lowest BCUT2D eigenvalue weighted by Crippen LogP contribution is -2.44. The van der Waals surface area contributed by atoms with Crippen LogP contribution in [-0.4, -0.2) is 46.6 Å². The molecule has 7 nitrogen and oxygen atoms in total. The summed E-state index contributed by atoms with van der Waals surface area (Å²) in [5.74, 6) is 0.486. The van der Waals surface area contributed by atoms with Gasteiger partial charge in [0.15, 0.2) is 0 Å². The largest absolute Gasteiger partial charge is 0.493 e. The van der Waals surface area contributed by atoms with Gasteiger partial charge in [-0.1, -0.05) is 49.3 Å². The molecule has 1 saturated heterocycles. The second kappa shape index (κ2) is 11.6. The number of unbranched alkanes of at least 4 members (excludes halogenated alkanes) is 2. The summed E-state index contributed by atoms with van der Waals surface area (Å²) in [6.07, 6.45) is 6.23. The summed E-state index contributed by atoms with van der Waals surface area (Å²) < 4.78 is 5.62. The van der Waals surface area contributed by atoms with Crippen LogP contribution in [0.4, 0.5) is 5.13 Å². The molecule has 1 aliphatic rings. The molecule has 0 spiro atoms. The molecule has 0 radical (unpaired) electrons. The van der Waals surface area contributed by atoms with E-state index in [4.69, 9.17) is 4.74 Å². The number of nitrogens with zero attached hydrogens (tertiary/aromatic N) is 3. The minimum absolute atomic E-state index is 0.0255. The van der Waals surface area contributed by atoms with Crippen molar-refractivity contribution in [3.05, 3.63) is 35.3 Å². The van der Waals surface area contributed by atoms with E-state index in [1.165, 1.54) is 17.8 Å². The second-order valence-electron chi connectivity index (χ2n) is 7.54. The van der Waals surface area contributed by atoms with Crippen LogP contribution in [-0.2, 0) is 16.0 Å². The first-order chi connectivity index (χ1) is 14.7. The average molecular weight is 431 g/mol. The molecule has 1 fully saturated rings. The van der Waals surface area contributed by atoms with Crippen LogP contribution in [0.5, 0.6) is 5.75 Å². The van der Waals surface area contributed by atoms with Gasteiger partial charge in [0.2, 0.25) is 16.9 Å². The molecule has 0 bridgehead atoms. The van der Waals surface area contributed by atoms with Crippen molar-refractivity contribution in [3.8, 4) is 5.75 Å². The van der Waals surface area contributed by atoms with Gasteiger partial charge in [0.05, 0.1) is 18.9 Å². The van der Waals surface area contributed by atoms with Gasteiger partial charge in [-0.3, -0.25) is 9.59 Å². The Morgan fingerprint density at radius 1 is 1.23 bits per heavy atom. The van der Waals surface area contributed by atoms with Crippen LogP contribution >= 0.6 is 11.3 Å². The van der Waals surface area contributed by atoms with E-state index in [1.807, 2.05) is 30.3 Å². The molecular weight excluding hydrogens is 400 g/mol. The molecule has 1 N–H and O–H groups in total. The molecular formula is C22H30N4O3S. The third kappa shape index (κ3) is 6.79. The summed E-state index contributed by atoms with van der Waals surface area (Å²) in [4.78, 5) is 27.0. The van der Waals surface area contributed by atoms with Crippen LogP contribution < -0.4 is 10.1 Å². The summed E-state index contributed by atoms with van der Waals surface area (Å²) in [5, 5.41) is 12.6. The van der Waals surface area contributed by atoms with E-state index in [-0.39, 0.29) is 17.7 Å². The van der Waals surface area contributed by atoms with Gasteiger partial charge in [0.25, 0.3) is 0 Å². The lowest BCUT2D eigenvalue weighted by atomic mass is 9.97. The average Bonchev–Trinajstić information content (AvgIpc) is 3.22. The Hall–Kier alpha value is -2.48. The predicted octanol–water partition coefficient (Wildman–Crippen LogP) is 3.92. The third-order valence-corrected chi connectivity index (χ3v) is 6.06. The fourth-order valence-electron chi connectivity index (χ4n) is 3.49. The highest BCUT2D eigenvalue weighted by Crippen LogP contribution is 2.22. The number of anilines is 1. The lowest BCUT2D eigenvalue weighted by molar-refractivity contribution is -0.135. The normalized spacial score (nSPS) is 16.3. The van der Waals surface area contributed by atoms with Crippen LogP contribution in [0.1, 0.15) is 50.5 Å². The van der Waals surface area contributed by atoms with Gasteiger partial charge in [-0.05, 0) is 31.4 Å². The third-order valence-electron chi connectivity index (χ3n) is 5.16. The van der Waals surface area contributed by atoms with Gasteiger partial charge in [-0.25, -0.2) is 0 Å². The van der Waals surface area contributed by atoms with Gasteiger partial charge >= 0.3 is 0 Å². The maximum atomic E-state index is 12.7. The number of amides is 2. The summed E-state index contributed by atoms with van der Waals surface area (Å²) in [5.41, 5.74) is 0. The molecule has 0 saturated carbocycles. The van der Waals surface area contributed by atoms with Gasteiger partial charge < -0.3 is 15.0 Å². The zero-order valence-corrected chi connectivity index (χ0v) is 18.3. The fraction of sp³-hybridized carbons (Fsp3) is 0.545. The Balaban J connectivity index is 1.43. The fourth-order valence-corrected chi connectivity index (χ4v) is 4.27.